The Bertz CT molecular complexity index is 516. The molecule has 0 aliphatic carbocycles. The fourth-order valence-corrected chi connectivity index (χ4v) is 1.67. The first-order valence-corrected chi connectivity index (χ1v) is 4.59. The molecule has 0 bridgehead atoms. The zero-order valence-corrected chi connectivity index (χ0v) is 8.67. The van der Waals surface area contributed by atoms with E-state index in [9.17, 15) is 4.79 Å². The number of ketones is 1. The molecule has 0 saturated heterocycles. The molecule has 0 radical (unpaired) electrons. The van der Waals surface area contributed by atoms with Gasteiger partial charge in [-0.15, -0.1) is 0 Å². The van der Waals surface area contributed by atoms with Crippen LogP contribution in [-0.4, -0.2) is 15.3 Å². The van der Waals surface area contributed by atoms with Crippen LogP contribution < -0.4 is 0 Å². The Hall–Kier alpha value is -1.35. The van der Waals surface area contributed by atoms with Gasteiger partial charge in [-0.05, 0) is 13.0 Å². The number of carbonyl (C=O) groups is 1. The quantitative estimate of drug-likeness (QED) is 0.675. The molecule has 0 aliphatic heterocycles. The highest BCUT2D eigenvalue weighted by Crippen LogP contribution is 2.22. The number of halogens is 1. The standard InChI is InChI=1S/C10H9ClN2O/c1-6(14)9-5-13(2)10-8(9)3-7(11)4-12-10/h3-5H,1-2H3. The molecule has 0 saturated carbocycles. The van der Waals surface area contributed by atoms with Gasteiger partial charge in [0, 0.05) is 30.4 Å². The number of pyridine rings is 1. The van der Waals surface area contributed by atoms with E-state index in [4.69, 9.17) is 11.6 Å². The number of rotatable bonds is 1. The lowest BCUT2D eigenvalue weighted by Gasteiger charge is -1.94. The van der Waals surface area contributed by atoms with E-state index in [-0.39, 0.29) is 5.78 Å². The van der Waals surface area contributed by atoms with E-state index >= 15 is 0 Å². The Kier molecular flexibility index (Phi) is 2.04. The second-order valence-corrected chi connectivity index (χ2v) is 3.67. The smallest absolute Gasteiger partial charge is 0.162 e. The average Bonchev–Trinajstić information content (AvgIpc) is 2.43. The topological polar surface area (TPSA) is 34.9 Å². The van der Waals surface area contributed by atoms with Gasteiger partial charge in [-0.1, -0.05) is 11.6 Å². The lowest BCUT2D eigenvalue weighted by Crippen LogP contribution is -1.89. The number of aromatic nitrogens is 2. The van der Waals surface area contributed by atoms with Crippen LogP contribution in [0.4, 0.5) is 0 Å². The van der Waals surface area contributed by atoms with E-state index < -0.39 is 0 Å². The van der Waals surface area contributed by atoms with Crippen molar-refractivity contribution in [2.75, 3.05) is 0 Å². The molecule has 0 aromatic carbocycles. The second-order valence-electron chi connectivity index (χ2n) is 3.23. The molecular weight excluding hydrogens is 200 g/mol. The molecule has 0 amide bonds. The molecule has 0 aliphatic rings. The summed E-state index contributed by atoms with van der Waals surface area (Å²) in [6, 6.07) is 1.76. The van der Waals surface area contributed by atoms with E-state index in [1.165, 1.54) is 6.92 Å². The summed E-state index contributed by atoms with van der Waals surface area (Å²) in [5.74, 6) is 0.0275. The molecule has 4 heteroatoms. The van der Waals surface area contributed by atoms with Crippen LogP contribution >= 0.6 is 11.6 Å². The molecule has 0 atom stereocenters. The monoisotopic (exact) mass is 208 g/mol. The highest BCUT2D eigenvalue weighted by Gasteiger charge is 2.11. The highest BCUT2D eigenvalue weighted by molar-refractivity contribution is 6.31. The summed E-state index contributed by atoms with van der Waals surface area (Å²) >= 11 is 5.82. The first kappa shape index (κ1) is 9.21. The number of hydrogen-bond acceptors (Lipinski definition) is 2. The minimum Gasteiger partial charge on any atom is -0.335 e. The van der Waals surface area contributed by atoms with Crippen molar-refractivity contribution in [3.63, 3.8) is 0 Å². The first-order chi connectivity index (χ1) is 6.59. The normalized spacial score (nSPS) is 10.8. The van der Waals surface area contributed by atoms with Gasteiger partial charge in [-0.25, -0.2) is 4.98 Å². The zero-order chi connectivity index (χ0) is 10.3. The maximum Gasteiger partial charge on any atom is 0.162 e. The van der Waals surface area contributed by atoms with E-state index in [2.05, 4.69) is 4.98 Å². The molecule has 0 spiro atoms. The first-order valence-electron chi connectivity index (χ1n) is 4.21. The van der Waals surface area contributed by atoms with Gasteiger partial charge in [-0.3, -0.25) is 4.79 Å². The number of hydrogen-bond donors (Lipinski definition) is 0. The van der Waals surface area contributed by atoms with Crippen LogP contribution in [0, 0.1) is 0 Å². The Morgan fingerprint density at radius 2 is 2.29 bits per heavy atom. The molecule has 0 unspecified atom stereocenters. The third-order valence-electron chi connectivity index (χ3n) is 2.16. The molecule has 0 fully saturated rings. The molecule has 0 N–H and O–H groups in total. The summed E-state index contributed by atoms with van der Waals surface area (Å²) in [4.78, 5) is 15.5. The van der Waals surface area contributed by atoms with Crippen LogP contribution in [0.25, 0.3) is 11.0 Å². The summed E-state index contributed by atoms with van der Waals surface area (Å²) in [7, 11) is 1.86. The van der Waals surface area contributed by atoms with Crippen molar-refractivity contribution < 1.29 is 4.79 Å². The van der Waals surface area contributed by atoms with Crippen LogP contribution in [0.3, 0.4) is 0 Å². The minimum absolute atomic E-state index is 0.0275. The predicted octanol–water partition coefficient (Wildman–Crippen LogP) is 2.43. The van der Waals surface area contributed by atoms with Crippen molar-refractivity contribution in [3.05, 3.63) is 29.0 Å². The Morgan fingerprint density at radius 3 is 2.93 bits per heavy atom. The number of Topliss-reactive ketones (excluding diaryl/α,β-unsaturated/α-hetero) is 1. The highest BCUT2D eigenvalue weighted by atomic mass is 35.5. The molecule has 14 heavy (non-hydrogen) atoms. The van der Waals surface area contributed by atoms with Crippen LogP contribution in [0.15, 0.2) is 18.5 Å². The molecule has 2 heterocycles. The predicted molar refractivity (Wildman–Crippen MR) is 55.7 cm³/mol. The van der Waals surface area contributed by atoms with Crippen molar-refractivity contribution in [1.82, 2.24) is 9.55 Å². The number of carbonyl (C=O) groups excluding carboxylic acids is 1. The van der Waals surface area contributed by atoms with E-state index in [1.54, 1.807) is 18.5 Å². The van der Waals surface area contributed by atoms with Gasteiger partial charge >= 0.3 is 0 Å². The van der Waals surface area contributed by atoms with Crippen molar-refractivity contribution >= 4 is 28.4 Å². The van der Waals surface area contributed by atoms with Gasteiger partial charge in [0.25, 0.3) is 0 Å². The zero-order valence-electron chi connectivity index (χ0n) is 7.91. The fraction of sp³-hybridized carbons (Fsp3) is 0.200. The largest absolute Gasteiger partial charge is 0.335 e. The molecule has 2 aromatic heterocycles. The molecular formula is C10H9ClN2O. The summed E-state index contributed by atoms with van der Waals surface area (Å²) in [6.45, 7) is 1.54. The Balaban J connectivity index is 2.85. The van der Waals surface area contributed by atoms with Gasteiger partial charge in [0.1, 0.15) is 5.65 Å². The molecule has 72 valence electrons. The Labute approximate surface area is 86.3 Å². The van der Waals surface area contributed by atoms with Gasteiger partial charge in [0.2, 0.25) is 0 Å². The SMILES string of the molecule is CC(=O)c1cn(C)c2ncc(Cl)cc12. The number of aryl methyl sites for hydroxylation is 1. The van der Waals surface area contributed by atoms with E-state index in [0.29, 0.717) is 10.6 Å². The maximum absolute atomic E-state index is 11.3. The van der Waals surface area contributed by atoms with E-state index in [1.807, 2.05) is 11.6 Å². The summed E-state index contributed by atoms with van der Waals surface area (Å²) in [5.41, 5.74) is 1.44. The third kappa shape index (κ3) is 1.30. The van der Waals surface area contributed by atoms with Gasteiger partial charge < -0.3 is 4.57 Å². The van der Waals surface area contributed by atoms with Crippen LogP contribution in [-0.2, 0) is 7.05 Å². The van der Waals surface area contributed by atoms with Crippen LogP contribution in [0.2, 0.25) is 5.02 Å². The fourth-order valence-electron chi connectivity index (χ4n) is 1.52. The van der Waals surface area contributed by atoms with E-state index in [0.717, 1.165) is 11.0 Å². The third-order valence-corrected chi connectivity index (χ3v) is 2.37. The van der Waals surface area contributed by atoms with Crippen molar-refractivity contribution in [3.8, 4) is 0 Å². The van der Waals surface area contributed by atoms with Crippen molar-refractivity contribution in [1.29, 1.82) is 0 Å². The number of nitrogens with zero attached hydrogens (tertiary/aromatic N) is 2. The van der Waals surface area contributed by atoms with Gasteiger partial charge in [0.05, 0.1) is 5.02 Å². The lowest BCUT2D eigenvalue weighted by atomic mass is 10.2. The molecule has 3 nitrogen and oxygen atoms in total. The van der Waals surface area contributed by atoms with Crippen molar-refractivity contribution in [2.45, 2.75) is 6.92 Å². The Morgan fingerprint density at radius 1 is 1.57 bits per heavy atom. The van der Waals surface area contributed by atoms with Crippen LogP contribution in [0.5, 0.6) is 0 Å². The minimum atomic E-state index is 0.0275. The summed E-state index contributed by atoms with van der Waals surface area (Å²) in [5, 5.41) is 1.36. The number of fused-ring (bicyclic) bond motifs is 1. The van der Waals surface area contributed by atoms with Gasteiger partial charge in [-0.2, -0.15) is 0 Å². The average molecular weight is 209 g/mol. The summed E-state index contributed by atoms with van der Waals surface area (Å²) in [6.07, 6.45) is 3.35. The lowest BCUT2D eigenvalue weighted by molar-refractivity contribution is 0.101. The summed E-state index contributed by atoms with van der Waals surface area (Å²) < 4.78 is 1.82. The van der Waals surface area contributed by atoms with Crippen molar-refractivity contribution in [2.24, 2.45) is 7.05 Å². The maximum atomic E-state index is 11.3. The molecule has 2 rings (SSSR count). The second kappa shape index (κ2) is 3.10. The molecule has 2 aromatic rings. The van der Waals surface area contributed by atoms with Crippen LogP contribution in [0.1, 0.15) is 17.3 Å². The van der Waals surface area contributed by atoms with Gasteiger partial charge in [0.15, 0.2) is 5.78 Å².